The number of hydrogen-bond acceptors (Lipinski definition) is 19. The van der Waals surface area contributed by atoms with E-state index in [4.69, 9.17) is 23.1 Å². The van der Waals surface area contributed by atoms with Gasteiger partial charge in [-0.25, -0.2) is 0 Å². The normalized spacial score (nSPS) is 10.0. The number of pyridine rings is 1. The maximum absolute atomic E-state index is 11.4. The van der Waals surface area contributed by atoms with Crippen LogP contribution in [0.15, 0.2) is 152 Å². The first-order valence-electron chi connectivity index (χ1n) is 26.9. The first-order valence-corrected chi connectivity index (χ1v) is 27.3. The fourth-order valence-corrected chi connectivity index (χ4v) is 7.51. The Morgan fingerprint density at radius 2 is 0.909 bits per heavy atom. The molecule has 0 aliphatic heterocycles. The molecule has 0 atom stereocenters. The molecule has 7 aromatic rings. The number of non-ortho nitro benzene ring substituents is 3. The number of nitrogen functional groups attached to an aromatic ring is 2. The van der Waals surface area contributed by atoms with Crippen LogP contribution in [0.4, 0.5) is 51.2 Å². The smallest absolute Gasteiger partial charge is 0.271 e. The van der Waals surface area contributed by atoms with Crippen LogP contribution in [0.25, 0.3) is 10.9 Å². The van der Waals surface area contributed by atoms with Crippen molar-refractivity contribution in [3.8, 4) is 0 Å². The molecule has 7 rings (SSSR count). The molecule has 0 saturated carbocycles. The number of benzene rings is 6. The van der Waals surface area contributed by atoms with Gasteiger partial charge < -0.3 is 64.7 Å². The molecular formula is C62H88Cl2N15O8Pd-. The Balaban J connectivity index is 0. The summed E-state index contributed by atoms with van der Waals surface area (Å²) in [7, 11) is 19.4. The van der Waals surface area contributed by atoms with Gasteiger partial charge >= 0.3 is 0 Å². The molecular weight excluding hydrogens is 1260 g/mol. The second kappa shape index (κ2) is 45.4. The zero-order valence-electron chi connectivity index (χ0n) is 52.3. The van der Waals surface area contributed by atoms with Crippen molar-refractivity contribution in [1.29, 1.82) is 0 Å². The molecule has 0 aliphatic rings. The number of carbonyl (C=O) groups excluding carboxylic acids is 2. The van der Waals surface area contributed by atoms with Crippen LogP contribution in [0.2, 0.25) is 0 Å². The van der Waals surface area contributed by atoms with E-state index >= 15 is 0 Å². The first-order chi connectivity index (χ1) is 40.2. The number of likely N-dealkylation sites (N-methyl/N-ethyl adjacent to an activating group) is 5. The topological polar surface area (TPSA) is 293 Å². The molecule has 0 aliphatic carbocycles. The minimum atomic E-state index is -0.498. The van der Waals surface area contributed by atoms with Gasteiger partial charge in [-0.1, -0.05) is 54.6 Å². The molecule has 0 unspecified atom stereocenters. The van der Waals surface area contributed by atoms with E-state index in [1.165, 1.54) is 64.7 Å². The van der Waals surface area contributed by atoms with Crippen molar-refractivity contribution < 1.29 is 44.8 Å². The van der Waals surface area contributed by atoms with Crippen LogP contribution in [0, 0.1) is 44.7 Å². The van der Waals surface area contributed by atoms with E-state index in [2.05, 4.69) is 120 Å². The molecule has 23 nitrogen and oxygen atoms in total. The molecule has 1 amide bonds. The number of hydrogen-bond donors (Lipinski definition) is 6. The maximum atomic E-state index is 11.4. The number of anilines is 6. The van der Waals surface area contributed by atoms with E-state index in [9.17, 15) is 39.9 Å². The Kier molecular flexibility index (Phi) is 42.4. The molecule has 0 fully saturated rings. The van der Waals surface area contributed by atoms with Crippen LogP contribution >= 0.6 is 24.0 Å². The van der Waals surface area contributed by atoms with Crippen molar-refractivity contribution in [1.82, 2.24) is 29.5 Å². The maximum Gasteiger partial charge on any atom is 0.271 e. The summed E-state index contributed by atoms with van der Waals surface area (Å²) in [4.78, 5) is 65.5. The summed E-state index contributed by atoms with van der Waals surface area (Å²) in [6, 6.07) is 45.3. The van der Waals surface area contributed by atoms with Gasteiger partial charge in [-0.15, -0.1) is 12.4 Å². The molecule has 8 N–H and O–H groups in total. The van der Waals surface area contributed by atoms with Gasteiger partial charge in [0.05, 0.1) is 33.4 Å². The fraction of sp³-hybridized carbons (Fsp3) is 0.323. The van der Waals surface area contributed by atoms with Gasteiger partial charge in [0.1, 0.15) is 0 Å². The number of aryl methyl sites for hydroxylation is 1. The first kappa shape index (κ1) is 82.2. The number of nitrogens with two attached hydrogens (primary N) is 2. The number of halogens is 2. The number of para-hydroxylation sites is 1. The van der Waals surface area contributed by atoms with Crippen LogP contribution in [0.3, 0.4) is 0 Å². The Labute approximate surface area is 543 Å². The van der Waals surface area contributed by atoms with Crippen LogP contribution in [0.5, 0.6) is 0 Å². The molecule has 1 aromatic heterocycles. The Hall–Kier alpha value is -7.89. The van der Waals surface area contributed by atoms with Crippen LogP contribution < -0.4 is 32.7 Å². The van der Waals surface area contributed by atoms with E-state index in [1.807, 2.05) is 55.4 Å². The quantitative estimate of drug-likeness (QED) is 0.00918. The van der Waals surface area contributed by atoms with Gasteiger partial charge in [0.25, 0.3) is 17.1 Å². The molecule has 6 aromatic carbocycles. The number of fused-ring (bicyclic) bond motifs is 1. The van der Waals surface area contributed by atoms with Gasteiger partial charge in [0, 0.05) is 141 Å². The molecule has 0 radical (unpaired) electrons. The molecule has 88 heavy (non-hydrogen) atoms. The van der Waals surface area contributed by atoms with Gasteiger partial charge in [0.15, 0.2) is 0 Å². The number of nitro benzene ring substituents is 3. The second-order valence-electron chi connectivity index (χ2n) is 20.5. The van der Waals surface area contributed by atoms with Crippen LogP contribution in [0.1, 0.15) is 16.8 Å². The minimum absolute atomic E-state index is 0. The second-order valence-corrected chi connectivity index (χ2v) is 20.9. The van der Waals surface area contributed by atoms with Crippen molar-refractivity contribution in [2.24, 2.45) is 0 Å². The van der Waals surface area contributed by atoms with E-state index < -0.39 is 14.8 Å². The summed E-state index contributed by atoms with van der Waals surface area (Å²) >= 11 is 4.99. The van der Waals surface area contributed by atoms with Crippen LogP contribution in [-0.4, -0.2) is 178 Å². The van der Waals surface area contributed by atoms with E-state index in [0.29, 0.717) is 17.9 Å². The molecule has 0 saturated heterocycles. The van der Waals surface area contributed by atoms with Crippen molar-refractivity contribution in [2.75, 3.05) is 156 Å². The van der Waals surface area contributed by atoms with Gasteiger partial charge in [0.2, 0.25) is 11.1 Å². The van der Waals surface area contributed by atoms with Crippen LogP contribution in [-0.2, 0) is 36.4 Å². The molecule has 26 heteroatoms. The third-order valence-electron chi connectivity index (χ3n) is 11.2. The fourth-order valence-electron chi connectivity index (χ4n) is 7.27. The van der Waals surface area contributed by atoms with Crippen molar-refractivity contribution in [3.05, 3.63) is 206 Å². The summed E-state index contributed by atoms with van der Waals surface area (Å²) < 4.78 is 0. The van der Waals surface area contributed by atoms with Gasteiger partial charge in [-0.2, -0.15) is 0 Å². The Bertz CT molecular complexity index is 3180. The number of carbonyl (C=O) groups is 2. The summed E-state index contributed by atoms with van der Waals surface area (Å²) in [5, 5.41) is 44.5. The van der Waals surface area contributed by atoms with Crippen molar-refractivity contribution in [3.63, 3.8) is 0 Å². The number of nitrogens with one attached hydrogen (secondary N) is 4. The largest absolute Gasteiger partial charge is 0.399 e. The Morgan fingerprint density at radius 1 is 0.511 bits per heavy atom. The van der Waals surface area contributed by atoms with Crippen molar-refractivity contribution in [2.45, 2.75) is 13.3 Å². The molecule has 484 valence electrons. The number of rotatable bonds is 22. The summed E-state index contributed by atoms with van der Waals surface area (Å²) in [6.45, 7) is 8.23. The summed E-state index contributed by atoms with van der Waals surface area (Å²) in [5.41, 5.74) is 20.5. The minimum Gasteiger partial charge on any atom is -0.399 e. The summed E-state index contributed by atoms with van der Waals surface area (Å²) in [6.07, 6.45) is 0.924. The average molecular weight is 1350 g/mol. The van der Waals surface area contributed by atoms with Gasteiger partial charge in [-0.05, 0) is 167 Å². The predicted octanol–water partition coefficient (Wildman–Crippen LogP) is 10.4. The number of nitro groups is 3. The molecule has 1 heterocycles. The summed E-state index contributed by atoms with van der Waals surface area (Å²) in [5.74, 6) is -0.203. The predicted molar refractivity (Wildman–Crippen MR) is 362 cm³/mol. The standard InChI is InChI=1S/C21H25N3.C10H13N3O3.C10H15N3O2.C10H17N3.C6H6N2O2.C4H8ClNO.CH3.ClH.Pd/c1-16-13-18(20-9-4-5-10-21(20)23-16)14-17-7-6-8-19(15-17)22-11-12-24(2)3;1-12(2)7-10(14)11-8-4-3-5-9(6-8)13(15)16;1-12(2)7-6-11-9-4-3-5-10(8-9)13(14)15;1-13(2)7-6-12-10-5-3-4-9(11)8-10;7-5-2-1-3-6(4-5)8(9)10;1-6(2)3-4(5)7;;;/h4-10,13,15,22H,11-12,14H2,1-3H3;3-6H,7H2,1-2H3,(H,11,14);3-5,8,11H,6-7H2,1-2H3;3-5,8,12H,6-7,11H2,1-2H3;1-4H,7H2;3H2,1-2H3;1H3;1H;/q;;;;;;-1;;. The van der Waals surface area contributed by atoms with Gasteiger partial charge in [-0.3, -0.25) is 44.9 Å². The molecule has 0 bridgehead atoms. The number of aromatic nitrogens is 1. The van der Waals surface area contributed by atoms with E-state index in [1.54, 1.807) is 62.3 Å². The zero-order valence-corrected chi connectivity index (χ0v) is 55.5. The third kappa shape index (κ3) is 37.6. The van der Waals surface area contributed by atoms with E-state index in [-0.39, 0.29) is 75.0 Å². The van der Waals surface area contributed by atoms with Crippen molar-refractivity contribution >= 4 is 97.2 Å². The van der Waals surface area contributed by atoms with E-state index in [0.717, 1.165) is 74.0 Å². The molecule has 0 spiro atoms. The Morgan fingerprint density at radius 3 is 1.33 bits per heavy atom. The zero-order chi connectivity index (χ0) is 63.4. The third-order valence-corrected chi connectivity index (χ3v) is 11.3. The monoisotopic (exact) mass is 1350 g/mol. The number of nitrogens with zero attached hydrogens (tertiary/aromatic N) is 9. The average Bonchev–Trinajstić information content (AvgIpc) is 1.84. The number of amides is 1. The SMILES string of the molecule is CN(C)CC(=O)Cl.CN(C)CC(=O)Nc1cccc([N+](=O)[O-])c1.CN(C)CCNc1cccc(N)c1.CN(C)CCNc1cccc([N+](=O)[O-])c1.Cc1cc(Cc2cccc(NCCN(C)C)c2)c2ccccc2n1.Cl.Nc1cccc([N+](=O)[O-])c1.[CH3-].[Pd].